The average Bonchev–Trinajstić information content (AvgIpc) is 1.61. The minimum absolute atomic E-state index is 0.579. The van der Waals surface area contributed by atoms with Crippen molar-refractivity contribution < 1.29 is 10.3 Å². The van der Waals surface area contributed by atoms with Crippen molar-refractivity contribution in [2.24, 2.45) is 0 Å². The van der Waals surface area contributed by atoms with E-state index in [2.05, 4.69) is 0 Å². The minimum atomic E-state index is -0.579. The van der Waals surface area contributed by atoms with E-state index in [4.69, 9.17) is 10.3 Å². The summed E-state index contributed by atoms with van der Waals surface area (Å²) in [5, 5.41) is 17.6. The molecule has 0 radical (unpaired) electrons. The van der Waals surface area contributed by atoms with E-state index < -0.39 is 6.23 Å². The largest absolute Gasteiger partial charge is 0.376 e. The van der Waals surface area contributed by atoms with Gasteiger partial charge in [-0.25, -0.2) is 0 Å². The first-order valence-electron chi connectivity index (χ1n) is 1.94. The number of hydrogen-bond donors (Lipinski definition) is 2. The van der Waals surface area contributed by atoms with Gasteiger partial charge < -0.3 is 10.3 Å². The molecule has 1 atom stereocenters. The van der Waals surface area contributed by atoms with Crippen molar-refractivity contribution in [1.82, 2.24) is 5.06 Å². The van der Waals surface area contributed by atoms with Gasteiger partial charge in [-0.1, -0.05) is 0 Å². The van der Waals surface area contributed by atoms with Gasteiger partial charge >= 0.3 is 0 Å². The quantitative estimate of drug-likeness (QED) is 0.416. The van der Waals surface area contributed by atoms with E-state index in [1.165, 1.54) is 0 Å². The highest BCUT2D eigenvalue weighted by Gasteiger charge is 2.22. The molecular weight excluding hydrogens is 82.0 g/mol. The summed E-state index contributed by atoms with van der Waals surface area (Å²) in [6.45, 7) is 0.612. The third kappa shape index (κ3) is 0.408. The molecule has 3 heteroatoms. The summed E-state index contributed by atoms with van der Waals surface area (Å²) in [6, 6.07) is 0. The van der Waals surface area contributed by atoms with Gasteiger partial charge in [-0.05, 0) is 0 Å². The molecule has 3 nitrogen and oxygen atoms in total. The normalized spacial score (nSPS) is 36.0. The molecule has 6 heavy (non-hydrogen) atoms. The van der Waals surface area contributed by atoms with Crippen molar-refractivity contribution in [3.8, 4) is 0 Å². The highest BCUT2D eigenvalue weighted by atomic mass is 16.5. The van der Waals surface area contributed by atoms with E-state index >= 15 is 0 Å². The van der Waals surface area contributed by atoms with Gasteiger partial charge in [0.25, 0.3) is 0 Å². The molecule has 0 bridgehead atoms. The molecule has 2 N–H and O–H groups in total. The van der Waals surface area contributed by atoms with Gasteiger partial charge in [0.05, 0.1) is 0 Å². The van der Waals surface area contributed by atoms with E-state index in [-0.39, 0.29) is 0 Å². The third-order valence-electron chi connectivity index (χ3n) is 0.960. The minimum Gasteiger partial charge on any atom is -0.376 e. The topological polar surface area (TPSA) is 43.7 Å². The molecule has 0 amide bonds. The molecule has 1 unspecified atom stereocenters. The van der Waals surface area contributed by atoms with E-state index in [0.717, 1.165) is 5.06 Å². The lowest BCUT2D eigenvalue weighted by Gasteiger charge is -2.30. The smallest absolute Gasteiger partial charge is 0.130 e. The second-order valence-electron chi connectivity index (χ2n) is 1.43. The van der Waals surface area contributed by atoms with Crippen LogP contribution in [0.25, 0.3) is 0 Å². The summed E-state index contributed by atoms with van der Waals surface area (Å²) >= 11 is 0. The van der Waals surface area contributed by atoms with Gasteiger partial charge in [0, 0.05) is 13.0 Å². The summed E-state index contributed by atoms with van der Waals surface area (Å²) in [4.78, 5) is 0. The van der Waals surface area contributed by atoms with Crippen LogP contribution in [-0.4, -0.2) is 28.1 Å². The highest BCUT2D eigenvalue weighted by Crippen LogP contribution is 2.08. The van der Waals surface area contributed by atoms with E-state index in [1.54, 1.807) is 0 Å². The lowest BCUT2D eigenvalue weighted by Crippen LogP contribution is -2.44. The SMILES string of the molecule is OC1CCN1O. The lowest BCUT2D eigenvalue weighted by atomic mass is 10.2. The van der Waals surface area contributed by atoms with Crippen LogP contribution in [0.2, 0.25) is 0 Å². The van der Waals surface area contributed by atoms with Gasteiger partial charge in [-0.2, -0.15) is 5.06 Å². The second kappa shape index (κ2) is 1.18. The zero-order valence-electron chi connectivity index (χ0n) is 3.33. The van der Waals surface area contributed by atoms with Crippen LogP contribution < -0.4 is 0 Å². The number of nitrogens with zero attached hydrogens (tertiary/aromatic N) is 1. The standard InChI is InChI=1S/C3H7NO2/c5-3-1-2-4(3)6/h3,5-6H,1-2H2. The van der Waals surface area contributed by atoms with Crippen LogP contribution in [0.3, 0.4) is 0 Å². The Morgan fingerprint density at radius 2 is 2.17 bits per heavy atom. The van der Waals surface area contributed by atoms with Crippen LogP contribution in [0.15, 0.2) is 0 Å². The monoisotopic (exact) mass is 89.0 g/mol. The van der Waals surface area contributed by atoms with Gasteiger partial charge in [-0.15, -0.1) is 0 Å². The van der Waals surface area contributed by atoms with E-state index in [1.807, 2.05) is 0 Å². The van der Waals surface area contributed by atoms with Gasteiger partial charge in [0.15, 0.2) is 0 Å². The summed E-state index contributed by atoms with van der Waals surface area (Å²) in [7, 11) is 0. The fourth-order valence-electron chi connectivity index (χ4n) is 0.360. The molecular formula is C3H7NO2. The van der Waals surface area contributed by atoms with E-state index in [0.29, 0.717) is 13.0 Å². The lowest BCUT2D eigenvalue weighted by molar-refractivity contribution is -0.253. The number of rotatable bonds is 0. The Balaban J connectivity index is 2.20. The summed E-state index contributed by atoms with van der Waals surface area (Å²) in [5.74, 6) is 0. The maximum Gasteiger partial charge on any atom is 0.130 e. The number of aliphatic hydroxyl groups is 1. The Kier molecular flexibility index (Phi) is 0.799. The van der Waals surface area contributed by atoms with Crippen LogP contribution in [0, 0.1) is 0 Å². The Labute approximate surface area is 35.8 Å². The van der Waals surface area contributed by atoms with Gasteiger partial charge in [0.2, 0.25) is 0 Å². The molecule has 1 fully saturated rings. The summed E-state index contributed by atoms with van der Waals surface area (Å²) in [5.41, 5.74) is 0. The zero-order valence-corrected chi connectivity index (χ0v) is 3.33. The molecule has 0 aromatic rings. The number of aliphatic hydroxyl groups excluding tert-OH is 1. The molecule has 0 saturated carbocycles. The van der Waals surface area contributed by atoms with Crippen LogP contribution >= 0.6 is 0 Å². The Morgan fingerprint density at radius 1 is 1.67 bits per heavy atom. The molecule has 1 aliphatic heterocycles. The third-order valence-corrected chi connectivity index (χ3v) is 0.960. The average molecular weight is 89.1 g/mol. The molecule has 0 spiro atoms. The second-order valence-corrected chi connectivity index (χ2v) is 1.43. The summed E-state index contributed by atoms with van der Waals surface area (Å²) < 4.78 is 0. The van der Waals surface area contributed by atoms with Crippen molar-refractivity contribution in [1.29, 1.82) is 0 Å². The fourth-order valence-corrected chi connectivity index (χ4v) is 0.360. The van der Waals surface area contributed by atoms with Crippen LogP contribution in [0.1, 0.15) is 6.42 Å². The maximum atomic E-state index is 8.39. The maximum absolute atomic E-state index is 8.39. The Hall–Kier alpha value is -0.120. The van der Waals surface area contributed by atoms with Crippen molar-refractivity contribution in [3.63, 3.8) is 0 Å². The number of hydrogen-bond acceptors (Lipinski definition) is 3. The highest BCUT2D eigenvalue weighted by molar-refractivity contribution is 4.62. The zero-order chi connectivity index (χ0) is 4.57. The first kappa shape index (κ1) is 4.05. The summed E-state index contributed by atoms with van der Waals surface area (Å²) in [6.07, 6.45) is 0.126. The molecule has 1 heterocycles. The van der Waals surface area contributed by atoms with Crippen LogP contribution in [0.4, 0.5) is 0 Å². The first-order valence-corrected chi connectivity index (χ1v) is 1.94. The van der Waals surface area contributed by atoms with Crippen molar-refractivity contribution >= 4 is 0 Å². The fraction of sp³-hybridized carbons (Fsp3) is 1.00. The van der Waals surface area contributed by atoms with Crippen molar-refractivity contribution in [3.05, 3.63) is 0 Å². The van der Waals surface area contributed by atoms with Crippen LogP contribution in [-0.2, 0) is 0 Å². The van der Waals surface area contributed by atoms with Crippen molar-refractivity contribution in [2.75, 3.05) is 6.54 Å². The molecule has 0 aromatic carbocycles. The molecule has 36 valence electrons. The predicted molar refractivity (Wildman–Crippen MR) is 19.1 cm³/mol. The van der Waals surface area contributed by atoms with Crippen LogP contribution in [0.5, 0.6) is 0 Å². The number of hydroxylamine groups is 2. The Morgan fingerprint density at radius 3 is 2.17 bits per heavy atom. The molecule has 0 aromatic heterocycles. The molecule has 0 aliphatic carbocycles. The molecule has 1 saturated heterocycles. The van der Waals surface area contributed by atoms with E-state index in [9.17, 15) is 0 Å². The predicted octanol–water partition coefficient (Wildman–Crippen LogP) is -0.600. The van der Waals surface area contributed by atoms with Gasteiger partial charge in [0.1, 0.15) is 6.23 Å². The Bertz CT molecular complexity index is 48.8. The van der Waals surface area contributed by atoms with Gasteiger partial charge in [-0.3, -0.25) is 0 Å². The molecule has 1 aliphatic rings. The first-order chi connectivity index (χ1) is 2.80. The molecule has 1 rings (SSSR count). The van der Waals surface area contributed by atoms with Crippen molar-refractivity contribution in [2.45, 2.75) is 12.6 Å².